The number of rotatable bonds is 8. The number of amidine groups is 1. The van der Waals surface area contributed by atoms with Crippen LogP contribution in [0.2, 0.25) is 0 Å². The van der Waals surface area contributed by atoms with Crippen LogP contribution in [0.25, 0.3) is 0 Å². The molecule has 0 bridgehead atoms. The number of halogens is 1. The van der Waals surface area contributed by atoms with Crippen molar-refractivity contribution in [1.29, 1.82) is 0 Å². The van der Waals surface area contributed by atoms with E-state index in [1.807, 2.05) is 6.07 Å². The van der Waals surface area contributed by atoms with Crippen molar-refractivity contribution in [2.24, 2.45) is 4.99 Å². The minimum atomic E-state index is -0.712. The Bertz CT molecular complexity index is 1300. The van der Waals surface area contributed by atoms with E-state index < -0.39 is 11.1 Å². The fourth-order valence-electron chi connectivity index (χ4n) is 3.68. The summed E-state index contributed by atoms with van der Waals surface area (Å²) in [6.07, 6.45) is -0.0212. The van der Waals surface area contributed by atoms with Gasteiger partial charge in [0.15, 0.2) is 16.7 Å². The average Bonchev–Trinajstić information content (AvgIpc) is 2.92. The number of nitrogens with one attached hydrogen (secondary N) is 1. The lowest BCUT2D eigenvalue weighted by atomic mass is 10.1. The lowest BCUT2D eigenvalue weighted by Crippen LogP contribution is -2.44. The number of anilines is 1. The summed E-state index contributed by atoms with van der Waals surface area (Å²) in [7, 11) is 4.68. The zero-order chi connectivity index (χ0) is 26.4. The molecule has 1 atom stereocenters. The summed E-state index contributed by atoms with van der Waals surface area (Å²) in [5, 5.41) is 2.42. The quantitative estimate of drug-likeness (QED) is 0.446. The highest BCUT2D eigenvalue weighted by Gasteiger charge is 2.36. The van der Waals surface area contributed by atoms with Gasteiger partial charge < -0.3 is 19.5 Å². The van der Waals surface area contributed by atoms with Gasteiger partial charge in [0.2, 0.25) is 11.8 Å². The second-order valence-electron chi connectivity index (χ2n) is 8.07. The normalized spacial score (nSPS) is 16.4. The van der Waals surface area contributed by atoms with Crippen molar-refractivity contribution in [2.75, 3.05) is 26.6 Å². The Morgan fingerprint density at radius 2 is 1.70 bits per heavy atom. The number of nitrogens with zero attached hydrogens (tertiary/aromatic N) is 2. The highest BCUT2D eigenvalue weighted by molar-refractivity contribution is 8.15. The highest BCUT2D eigenvalue weighted by atomic mass is 32.2. The highest BCUT2D eigenvalue weighted by Crippen LogP contribution is 2.33. The number of ether oxygens (including phenoxy) is 3. The van der Waals surface area contributed by atoms with E-state index in [0.717, 1.165) is 5.56 Å². The van der Waals surface area contributed by atoms with Gasteiger partial charge in [-0.15, -0.1) is 0 Å². The number of carbonyl (C=O) groups is 2. The van der Waals surface area contributed by atoms with Crippen LogP contribution < -0.4 is 19.5 Å². The van der Waals surface area contributed by atoms with Crippen LogP contribution in [-0.2, 0) is 16.1 Å². The van der Waals surface area contributed by atoms with Gasteiger partial charge in [-0.2, -0.15) is 0 Å². The first-order valence-electron chi connectivity index (χ1n) is 11.4. The first-order chi connectivity index (χ1) is 17.9. The van der Waals surface area contributed by atoms with Crippen molar-refractivity contribution >= 4 is 40.1 Å². The second kappa shape index (κ2) is 11.8. The zero-order valence-electron chi connectivity index (χ0n) is 20.6. The predicted molar refractivity (Wildman–Crippen MR) is 141 cm³/mol. The monoisotopic (exact) mass is 523 g/mol. The summed E-state index contributed by atoms with van der Waals surface area (Å²) in [5.74, 6) is 0.783. The third-order valence-electron chi connectivity index (χ3n) is 5.63. The molecule has 0 aliphatic carbocycles. The molecule has 0 spiro atoms. The number of benzene rings is 3. The molecule has 0 radical (unpaired) electrons. The van der Waals surface area contributed by atoms with Gasteiger partial charge in [-0.05, 0) is 66.2 Å². The van der Waals surface area contributed by atoms with E-state index in [9.17, 15) is 14.0 Å². The molecule has 192 valence electrons. The number of carbonyl (C=O) groups excluding carboxylic acids is 2. The van der Waals surface area contributed by atoms with Crippen LogP contribution in [0, 0.1) is 5.82 Å². The molecule has 0 saturated carbocycles. The number of thioether (sulfide) groups is 1. The maximum absolute atomic E-state index is 13.3. The van der Waals surface area contributed by atoms with Gasteiger partial charge in [0.25, 0.3) is 0 Å². The molecule has 3 aromatic rings. The molecule has 10 heteroatoms. The Hall–Kier alpha value is -4.05. The smallest absolute Gasteiger partial charge is 0.238 e. The summed E-state index contributed by atoms with van der Waals surface area (Å²) >= 11 is 1.20. The average molecular weight is 524 g/mol. The van der Waals surface area contributed by atoms with Crippen LogP contribution in [0.15, 0.2) is 71.7 Å². The number of methoxy groups -OCH3 is 3. The van der Waals surface area contributed by atoms with E-state index in [2.05, 4.69) is 5.32 Å². The van der Waals surface area contributed by atoms with Crippen LogP contribution >= 0.6 is 11.8 Å². The topological polar surface area (TPSA) is 89.5 Å². The van der Waals surface area contributed by atoms with Crippen molar-refractivity contribution in [3.8, 4) is 17.2 Å². The standard InChI is InChI=1S/C27H26FN3O5S/c1-34-21-11-9-20(10-12-21)30-27-31(16-17-4-13-22(35-2)23(14-17)36-3)25(32)15-24(37-27)26(33)29-19-7-5-18(28)6-8-19/h4-14,24H,15-16H2,1-3H3,(H,29,33). The van der Waals surface area contributed by atoms with E-state index >= 15 is 0 Å². The molecule has 1 heterocycles. The number of aliphatic imine (C=N–C) groups is 1. The molecule has 8 nitrogen and oxygen atoms in total. The third-order valence-corrected chi connectivity index (χ3v) is 6.82. The summed E-state index contributed by atoms with van der Waals surface area (Å²) in [6.45, 7) is 0.230. The SMILES string of the molecule is COc1ccc(N=C2SC(C(=O)Nc3ccc(F)cc3)CC(=O)N2Cc2ccc(OC)c(OC)c2)cc1. The Kier molecular flexibility index (Phi) is 8.29. The minimum Gasteiger partial charge on any atom is -0.497 e. The first-order valence-corrected chi connectivity index (χ1v) is 12.2. The van der Waals surface area contributed by atoms with Crippen LogP contribution in [0.1, 0.15) is 12.0 Å². The van der Waals surface area contributed by atoms with Gasteiger partial charge >= 0.3 is 0 Å². The zero-order valence-corrected chi connectivity index (χ0v) is 21.4. The lowest BCUT2D eigenvalue weighted by Gasteiger charge is -2.32. The van der Waals surface area contributed by atoms with E-state index in [0.29, 0.717) is 33.8 Å². The van der Waals surface area contributed by atoms with Gasteiger partial charge in [0.1, 0.15) is 16.8 Å². The Labute approximate surface area is 218 Å². The van der Waals surface area contributed by atoms with Gasteiger partial charge in [0, 0.05) is 12.1 Å². The van der Waals surface area contributed by atoms with Crippen molar-refractivity contribution in [3.05, 3.63) is 78.1 Å². The van der Waals surface area contributed by atoms with Crippen LogP contribution in [0.4, 0.5) is 15.8 Å². The van der Waals surface area contributed by atoms with E-state index in [1.54, 1.807) is 62.6 Å². The van der Waals surface area contributed by atoms with E-state index in [4.69, 9.17) is 19.2 Å². The third kappa shape index (κ3) is 6.39. The lowest BCUT2D eigenvalue weighted by molar-refractivity contribution is -0.129. The largest absolute Gasteiger partial charge is 0.497 e. The molecule has 37 heavy (non-hydrogen) atoms. The van der Waals surface area contributed by atoms with Gasteiger partial charge in [-0.1, -0.05) is 17.8 Å². The van der Waals surface area contributed by atoms with E-state index in [-0.39, 0.29) is 24.8 Å². The van der Waals surface area contributed by atoms with E-state index in [1.165, 1.54) is 36.0 Å². The fraction of sp³-hybridized carbons (Fsp3) is 0.222. The second-order valence-corrected chi connectivity index (χ2v) is 9.24. The molecule has 1 unspecified atom stereocenters. The van der Waals surface area contributed by atoms with Crippen LogP contribution in [0.5, 0.6) is 17.2 Å². The first kappa shape index (κ1) is 26.0. The van der Waals surface area contributed by atoms with Gasteiger partial charge in [0.05, 0.1) is 33.6 Å². The molecule has 0 aromatic heterocycles. The maximum atomic E-state index is 13.3. The number of hydrogen-bond donors (Lipinski definition) is 1. The summed E-state index contributed by atoms with van der Waals surface area (Å²) in [4.78, 5) is 32.6. The summed E-state index contributed by atoms with van der Waals surface area (Å²) < 4.78 is 29.2. The van der Waals surface area contributed by atoms with Crippen molar-refractivity contribution < 1.29 is 28.2 Å². The molecule has 1 N–H and O–H groups in total. The Balaban J connectivity index is 1.61. The predicted octanol–water partition coefficient (Wildman–Crippen LogP) is 5.01. The molecular formula is C27H26FN3O5S. The Morgan fingerprint density at radius 1 is 1.00 bits per heavy atom. The van der Waals surface area contributed by atoms with Crippen LogP contribution in [0.3, 0.4) is 0 Å². The molecule has 4 rings (SSSR count). The summed E-state index contributed by atoms with van der Waals surface area (Å²) in [6, 6.07) is 18.0. The van der Waals surface area contributed by atoms with Gasteiger partial charge in [-0.25, -0.2) is 9.38 Å². The fourth-order valence-corrected chi connectivity index (χ4v) is 4.78. The van der Waals surface area contributed by atoms with Crippen molar-refractivity contribution in [3.63, 3.8) is 0 Å². The Morgan fingerprint density at radius 3 is 2.35 bits per heavy atom. The maximum Gasteiger partial charge on any atom is 0.238 e. The van der Waals surface area contributed by atoms with Gasteiger partial charge in [-0.3, -0.25) is 14.5 Å². The summed E-state index contributed by atoms with van der Waals surface area (Å²) in [5.41, 5.74) is 1.86. The number of hydrogen-bond acceptors (Lipinski definition) is 7. The van der Waals surface area contributed by atoms with Crippen LogP contribution in [-0.4, -0.2) is 48.5 Å². The molecule has 2 amide bonds. The molecule has 1 saturated heterocycles. The number of amides is 2. The molecule has 3 aromatic carbocycles. The van der Waals surface area contributed by atoms with Crippen molar-refractivity contribution in [2.45, 2.75) is 18.2 Å². The molecular weight excluding hydrogens is 497 g/mol. The molecule has 1 fully saturated rings. The molecule has 1 aliphatic rings. The van der Waals surface area contributed by atoms with Crippen molar-refractivity contribution in [1.82, 2.24) is 4.90 Å². The molecule has 1 aliphatic heterocycles. The minimum absolute atomic E-state index is 0.0212.